The Balaban J connectivity index is 2.31. The summed E-state index contributed by atoms with van der Waals surface area (Å²) in [5, 5.41) is 9.06. The smallest absolute Gasteiger partial charge is 0.164 e. The molecule has 4 nitrogen and oxygen atoms in total. The molecule has 1 aromatic rings. The maximum Gasteiger partial charge on any atom is 0.164 e. The molecule has 1 aliphatic rings. The zero-order chi connectivity index (χ0) is 11.5. The van der Waals surface area contributed by atoms with Crippen LogP contribution in [0.3, 0.4) is 0 Å². The lowest BCUT2D eigenvalue weighted by atomic mass is 10.2. The number of ether oxygens (including phenoxy) is 1. The van der Waals surface area contributed by atoms with Crippen LogP contribution in [-0.4, -0.2) is 31.3 Å². The topological polar surface area (TPSA) is 49.1 Å². The molecule has 0 N–H and O–H groups in total. The first kappa shape index (κ1) is 10.9. The Kier molecular flexibility index (Phi) is 3.07. The summed E-state index contributed by atoms with van der Waals surface area (Å²) in [6.45, 7) is 3.79. The number of rotatable bonds is 2. The number of aromatic nitrogens is 1. The molecule has 0 saturated carbocycles. The van der Waals surface area contributed by atoms with E-state index in [4.69, 9.17) is 10.00 Å². The van der Waals surface area contributed by atoms with E-state index in [0.717, 1.165) is 30.8 Å². The van der Waals surface area contributed by atoms with Gasteiger partial charge in [-0.05, 0) is 25.0 Å². The fourth-order valence-electron chi connectivity index (χ4n) is 2.16. The molecule has 0 aromatic carbocycles. The second kappa shape index (κ2) is 4.50. The van der Waals surface area contributed by atoms with Gasteiger partial charge in [-0.1, -0.05) is 0 Å². The van der Waals surface area contributed by atoms with Gasteiger partial charge in [0, 0.05) is 26.4 Å². The lowest BCUT2D eigenvalue weighted by Crippen LogP contribution is -2.24. The summed E-state index contributed by atoms with van der Waals surface area (Å²) in [5.74, 6) is 0. The predicted molar refractivity (Wildman–Crippen MR) is 61.3 cm³/mol. The van der Waals surface area contributed by atoms with E-state index in [2.05, 4.69) is 16.0 Å². The summed E-state index contributed by atoms with van der Waals surface area (Å²) in [6.07, 6.45) is 2.96. The quantitative estimate of drug-likeness (QED) is 0.753. The maximum absolute atomic E-state index is 9.06. The van der Waals surface area contributed by atoms with E-state index < -0.39 is 0 Å². The van der Waals surface area contributed by atoms with Gasteiger partial charge >= 0.3 is 0 Å². The van der Waals surface area contributed by atoms with Crippen LogP contribution in [0.4, 0.5) is 5.69 Å². The van der Waals surface area contributed by atoms with Crippen molar-refractivity contribution < 1.29 is 4.74 Å². The van der Waals surface area contributed by atoms with Gasteiger partial charge in [0.25, 0.3) is 0 Å². The molecule has 2 heterocycles. The molecule has 84 valence electrons. The molecule has 1 aromatic heterocycles. The van der Waals surface area contributed by atoms with Gasteiger partial charge in [0.2, 0.25) is 0 Å². The number of anilines is 1. The minimum absolute atomic E-state index is 0.270. The van der Waals surface area contributed by atoms with Crippen LogP contribution in [0.15, 0.2) is 12.3 Å². The van der Waals surface area contributed by atoms with Crippen molar-refractivity contribution in [1.29, 1.82) is 5.26 Å². The highest BCUT2D eigenvalue weighted by Gasteiger charge is 2.25. The predicted octanol–water partition coefficient (Wildman–Crippen LogP) is 1.49. The van der Waals surface area contributed by atoms with Gasteiger partial charge in [0.1, 0.15) is 6.07 Å². The van der Waals surface area contributed by atoms with Crippen molar-refractivity contribution in [3.63, 3.8) is 0 Å². The van der Waals surface area contributed by atoms with Crippen LogP contribution >= 0.6 is 0 Å². The third-order valence-corrected chi connectivity index (χ3v) is 3.03. The Morgan fingerprint density at radius 1 is 1.62 bits per heavy atom. The van der Waals surface area contributed by atoms with Crippen molar-refractivity contribution in [2.45, 2.75) is 19.4 Å². The Morgan fingerprint density at radius 3 is 3.06 bits per heavy atom. The monoisotopic (exact) mass is 217 g/mol. The lowest BCUT2D eigenvalue weighted by molar-refractivity contribution is 0.121. The Hall–Kier alpha value is -1.60. The molecule has 1 saturated heterocycles. The molecular weight excluding hydrogens is 202 g/mol. The molecule has 1 atom stereocenters. The summed E-state index contributed by atoms with van der Waals surface area (Å²) in [4.78, 5) is 6.30. The average Bonchev–Trinajstić information content (AvgIpc) is 2.76. The normalized spacial score (nSPS) is 19.8. The van der Waals surface area contributed by atoms with Crippen LogP contribution in [0.5, 0.6) is 0 Å². The van der Waals surface area contributed by atoms with Crippen LogP contribution in [0, 0.1) is 18.3 Å². The van der Waals surface area contributed by atoms with E-state index >= 15 is 0 Å². The molecule has 4 heteroatoms. The summed E-state index contributed by atoms with van der Waals surface area (Å²) >= 11 is 0. The first-order chi connectivity index (χ1) is 7.76. The number of nitrogens with zero attached hydrogens (tertiary/aromatic N) is 3. The van der Waals surface area contributed by atoms with Gasteiger partial charge in [0.05, 0.1) is 11.8 Å². The fourth-order valence-corrected chi connectivity index (χ4v) is 2.16. The number of hydrogen-bond acceptors (Lipinski definition) is 4. The van der Waals surface area contributed by atoms with E-state index in [-0.39, 0.29) is 6.10 Å². The maximum atomic E-state index is 9.06. The van der Waals surface area contributed by atoms with Crippen LogP contribution in [-0.2, 0) is 4.74 Å². The van der Waals surface area contributed by atoms with E-state index in [9.17, 15) is 0 Å². The van der Waals surface area contributed by atoms with E-state index in [1.807, 2.05) is 13.0 Å². The second-order valence-corrected chi connectivity index (χ2v) is 4.03. The van der Waals surface area contributed by atoms with Crippen molar-refractivity contribution in [3.8, 4) is 6.07 Å². The van der Waals surface area contributed by atoms with Crippen molar-refractivity contribution in [2.75, 3.05) is 25.1 Å². The average molecular weight is 217 g/mol. The van der Waals surface area contributed by atoms with Gasteiger partial charge in [-0.15, -0.1) is 0 Å². The summed E-state index contributed by atoms with van der Waals surface area (Å²) in [7, 11) is 1.73. The molecule has 0 unspecified atom stereocenters. The number of methoxy groups -OCH3 is 1. The van der Waals surface area contributed by atoms with Crippen LogP contribution < -0.4 is 4.90 Å². The molecular formula is C12H15N3O. The van der Waals surface area contributed by atoms with E-state index in [1.165, 1.54) is 0 Å². The van der Waals surface area contributed by atoms with Crippen molar-refractivity contribution in [2.24, 2.45) is 0 Å². The molecule has 0 spiro atoms. The van der Waals surface area contributed by atoms with E-state index in [1.54, 1.807) is 13.3 Å². The highest BCUT2D eigenvalue weighted by Crippen LogP contribution is 2.27. The summed E-state index contributed by atoms with van der Waals surface area (Å²) in [5.41, 5.74) is 2.57. The zero-order valence-electron chi connectivity index (χ0n) is 9.60. The van der Waals surface area contributed by atoms with Gasteiger partial charge in [0.15, 0.2) is 5.69 Å². The van der Waals surface area contributed by atoms with Crippen molar-refractivity contribution in [3.05, 3.63) is 23.5 Å². The first-order valence-electron chi connectivity index (χ1n) is 5.39. The number of nitriles is 1. The Labute approximate surface area is 95.5 Å². The fraction of sp³-hybridized carbons (Fsp3) is 0.500. The SMILES string of the molecule is CO[C@H]1CCN(c2c(C)ccnc2C#N)C1. The van der Waals surface area contributed by atoms with Crippen molar-refractivity contribution in [1.82, 2.24) is 4.98 Å². The highest BCUT2D eigenvalue weighted by atomic mass is 16.5. The largest absolute Gasteiger partial charge is 0.380 e. The number of hydrogen-bond donors (Lipinski definition) is 0. The highest BCUT2D eigenvalue weighted by molar-refractivity contribution is 5.61. The molecule has 0 aliphatic carbocycles. The zero-order valence-corrected chi connectivity index (χ0v) is 9.60. The van der Waals surface area contributed by atoms with Gasteiger partial charge in [-0.25, -0.2) is 4.98 Å². The molecule has 1 fully saturated rings. The van der Waals surface area contributed by atoms with Crippen LogP contribution in [0.1, 0.15) is 17.7 Å². The van der Waals surface area contributed by atoms with Crippen molar-refractivity contribution >= 4 is 5.69 Å². The molecule has 0 amide bonds. The standard InChI is InChI=1S/C12H15N3O/c1-9-3-5-14-11(7-13)12(9)15-6-4-10(8-15)16-2/h3,5,10H,4,6,8H2,1-2H3/t10-/m0/s1. The molecule has 16 heavy (non-hydrogen) atoms. The van der Waals surface area contributed by atoms with E-state index in [0.29, 0.717) is 5.69 Å². The van der Waals surface area contributed by atoms with Crippen LogP contribution in [0.25, 0.3) is 0 Å². The third kappa shape index (κ3) is 1.86. The number of pyridine rings is 1. The number of aryl methyl sites for hydroxylation is 1. The Morgan fingerprint density at radius 2 is 2.44 bits per heavy atom. The molecule has 1 aliphatic heterocycles. The van der Waals surface area contributed by atoms with Gasteiger partial charge in [-0.2, -0.15) is 5.26 Å². The summed E-state index contributed by atoms with van der Waals surface area (Å²) in [6, 6.07) is 4.09. The summed E-state index contributed by atoms with van der Waals surface area (Å²) < 4.78 is 5.33. The van der Waals surface area contributed by atoms with Gasteiger partial charge < -0.3 is 9.64 Å². The molecule has 0 bridgehead atoms. The minimum Gasteiger partial charge on any atom is -0.380 e. The molecule has 0 radical (unpaired) electrons. The minimum atomic E-state index is 0.270. The molecule has 2 rings (SSSR count). The second-order valence-electron chi connectivity index (χ2n) is 4.03. The van der Waals surface area contributed by atoms with Gasteiger partial charge in [-0.3, -0.25) is 0 Å². The Bertz CT molecular complexity index is 425. The lowest BCUT2D eigenvalue weighted by Gasteiger charge is -2.21. The first-order valence-corrected chi connectivity index (χ1v) is 5.39. The van der Waals surface area contributed by atoms with Crippen LogP contribution in [0.2, 0.25) is 0 Å². The third-order valence-electron chi connectivity index (χ3n) is 3.03.